The highest BCUT2D eigenvalue weighted by Crippen LogP contribution is 2.58. The minimum Gasteiger partial charge on any atom is -0.493 e. The fourth-order valence-electron chi connectivity index (χ4n) is 9.11. The highest BCUT2D eigenvalue weighted by Gasteiger charge is 2.54. The molecule has 1 spiro atoms. The second kappa shape index (κ2) is 14.0. The fraction of sp³-hybridized carbons (Fsp3) is 0.550. The number of aromatic nitrogens is 1. The molecule has 1 aromatic heterocycles. The molecule has 7 rings (SSSR count). The van der Waals surface area contributed by atoms with Crippen molar-refractivity contribution in [3.05, 3.63) is 76.1 Å². The van der Waals surface area contributed by atoms with Gasteiger partial charge in [-0.05, 0) is 128 Å². The standard InChI is InChI=1S/C40H49ClN2O6/c1-25(23-47-34-10-16-42-33-9-4-6-26(2)37(33)34)18-28-19-27-20-35-36(49-31(24-48-35)11-17-46-3)22-32(27)39(28)12-14-40(15-13-39,38(44)45)43-30-8-5-7-29(41)21-30/h5,7-8,10,16,20-22,25-26,28,31,43H,4,6,9,11-15,17-19,23-24H2,1-3H3,(H,44,45)/t25-,26-,28?,31?,39?,40?/m1/s1. The highest BCUT2D eigenvalue weighted by atomic mass is 35.5. The molecular formula is C40H49ClN2O6. The lowest BCUT2D eigenvalue weighted by Gasteiger charge is -2.47. The van der Waals surface area contributed by atoms with Gasteiger partial charge >= 0.3 is 5.97 Å². The number of anilines is 1. The predicted molar refractivity (Wildman–Crippen MR) is 190 cm³/mol. The van der Waals surface area contributed by atoms with Gasteiger partial charge in [-0.25, -0.2) is 4.79 Å². The number of fused-ring (bicyclic) bond motifs is 4. The average Bonchev–Trinajstić information content (AvgIpc) is 3.37. The van der Waals surface area contributed by atoms with Crippen molar-refractivity contribution >= 4 is 23.3 Å². The van der Waals surface area contributed by atoms with Crippen LogP contribution in [0.3, 0.4) is 0 Å². The number of methoxy groups -OCH3 is 1. The van der Waals surface area contributed by atoms with E-state index in [4.69, 9.17) is 30.5 Å². The molecule has 262 valence electrons. The number of aliphatic carboxylic acids is 1. The number of pyridine rings is 1. The number of hydrogen-bond acceptors (Lipinski definition) is 7. The zero-order valence-corrected chi connectivity index (χ0v) is 29.7. The zero-order chi connectivity index (χ0) is 34.2. The van der Waals surface area contributed by atoms with Crippen LogP contribution >= 0.6 is 11.6 Å². The van der Waals surface area contributed by atoms with Gasteiger partial charge in [-0.3, -0.25) is 4.98 Å². The Balaban J connectivity index is 1.15. The Morgan fingerprint density at radius 2 is 2.00 bits per heavy atom. The lowest BCUT2D eigenvalue weighted by molar-refractivity contribution is -0.144. The third-order valence-electron chi connectivity index (χ3n) is 11.7. The van der Waals surface area contributed by atoms with Gasteiger partial charge in [0.2, 0.25) is 0 Å². The molecule has 1 aliphatic heterocycles. The van der Waals surface area contributed by atoms with E-state index in [1.54, 1.807) is 19.2 Å². The van der Waals surface area contributed by atoms with Gasteiger partial charge in [-0.1, -0.05) is 31.5 Å². The monoisotopic (exact) mass is 688 g/mol. The lowest BCUT2D eigenvalue weighted by atomic mass is 9.59. The normalized spacial score (nSPS) is 27.6. The number of benzene rings is 2. The van der Waals surface area contributed by atoms with Crippen molar-refractivity contribution in [2.75, 3.05) is 32.2 Å². The number of hydrogen-bond donors (Lipinski definition) is 2. The van der Waals surface area contributed by atoms with Gasteiger partial charge in [-0.15, -0.1) is 0 Å². The van der Waals surface area contributed by atoms with E-state index in [1.165, 1.54) is 35.2 Å². The molecule has 0 radical (unpaired) electrons. The van der Waals surface area contributed by atoms with E-state index in [0.717, 1.165) is 61.5 Å². The van der Waals surface area contributed by atoms with Gasteiger partial charge in [0.05, 0.1) is 6.61 Å². The molecule has 0 saturated heterocycles. The quantitative estimate of drug-likeness (QED) is 0.207. The Kier molecular flexibility index (Phi) is 9.73. The minimum atomic E-state index is -1.08. The van der Waals surface area contributed by atoms with E-state index < -0.39 is 11.5 Å². The SMILES string of the molecule is COCCC1COc2cc3c(cc2O1)C1(CCC(Nc2cccc(Cl)c2)(C(=O)O)CC1)C(C[C@@H](C)COc1ccnc2c1[C@H](C)CCC2)C3. The number of carbonyl (C=O) groups is 1. The molecule has 4 atom stereocenters. The van der Waals surface area contributed by atoms with Crippen molar-refractivity contribution in [1.29, 1.82) is 0 Å². The predicted octanol–water partition coefficient (Wildman–Crippen LogP) is 8.38. The van der Waals surface area contributed by atoms with Crippen LogP contribution in [0.15, 0.2) is 48.7 Å². The van der Waals surface area contributed by atoms with Gasteiger partial charge in [0.1, 0.15) is 24.0 Å². The molecule has 49 heavy (non-hydrogen) atoms. The zero-order valence-electron chi connectivity index (χ0n) is 28.9. The maximum Gasteiger partial charge on any atom is 0.329 e. The summed E-state index contributed by atoms with van der Waals surface area (Å²) in [4.78, 5) is 17.6. The number of nitrogens with one attached hydrogen (secondary N) is 1. The summed E-state index contributed by atoms with van der Waals surface area (Å²) in [6, 6.07) is 13.8. The number of ether oxygens (including phenoxy) is 4. The molecule has 1 fully saturated rings. The van der Waals surface area contributed by atoms with Gasteiger partial charge < -0.3 is 29.4 Å². The van der Waals surface area contributed by atoms with Crippen LogP contribution < -0.4 is 19.5 Å². The van der Waals surface area contributed by atoms with Crippen LogP contribution in [0.2, 0.25) is 5.02 Å². The largest absolute Gasteiger partial charge is 0.493 e. The van der Waals surface area contributed by atoms with E-state index in [2.05, 4.69) is 36.3 Å². The second-order valence-electron chi connectivity index (χ2n) is 15.0. The maximum atomic E-state index is 13.0. The summed E-state index contributed by atoms with van der Waals surface area (Å²) in [6.07, 6.45) is 10.3. The molecule has 8 nitrogen and oxygen atoms in total. The summed E-state index contributed by atoms with van der Waals surface area (Å²) in [7, 11) is 1.70. The summed E-state index contributed by atoms with van der Waals surface area (Å²) in [6.45, 7) is 6.32. The van der Waals surface area contributed by atoms with Gasteiger partial charge in [0.15, 0.2) is 11.5 Å². The van der Waals surface area contributed by atoms with E-state index in [9.17, 15) is 9.90 Å². The van der Waals surface area contributed by atoms with Gasteiger partial charge in [-0.2, -0.15) is 0 Å². The number of nitrogens with zero attached hydrogens (tertiary/aromatic N) is 1. The summed E-state index contributed by atoms with van der Waals surface area (Å²) in [5, 5.41) is 14.6. The minimum absolute atomic E-state index is 0.0645. The fourth-order valence-corrected chi connectivity index (χ4v) is 9.30. The van der Waals surface area contributed by atoms with Crippen LogP contribution in [0.5, 0.6) is 17.2 Å². The average molecular weight is 689 g/mol. The van der Waals surface area contributed by atoms with Gasteiger partial charge in [0, 0.05) is 48.3 Å². The Morgan fingerprint density at radius 3 is 2.78 bits per heavy atom. The highest BCUT2D eigenvalue weighted by molar-refractivity contribution is 6.30. The van der Waals surface area contributed by atoms with E-state index in [0.29, 0.717) is 55.4 Å². The van der Waals surface area contributed by atoms with Crippen molar-refractivity contribution < 1.29 is 28.8 Å². The molecule has 2 unspecified atom stereocenters. The molecule has 0 amide bonds. The van der Waals surface area contributed by atoms with Crippen molar-refractivity contribution in [3.8, 4) is 17.2 Å². The Morgan fingerprint density at radius 1 is 1.16 bits per heavy atom. The molecule has 0 bridgehead atoms. The molecule has 4 aliphatic rings. The van der Waals surface area contributed by atoms with Crippen LogP contribution in [-0.4, -0.2) is 54.6 Å². The first-order valence-electron chi connectivity index (χ1n) is 18.0. The summed E-state index contributed by atoms with van der Waals surface area (Å²) >= 11 is 6.28. The van der Waals surface area contributed by atoms with Gasteiger partial charge in [0.25, 0.3) is 0 Å². The van der Waals surface area contributed by atoms with E-state index in [1.807, 2.05) is 24.4 Å². The van der Waals surface area contributed by atoms with E-state index in [-0.39, 0.29) is 11.5 Å². The summed E-state index contributed by atoms with van der Waals surface area (Å²) < 4.78 is 24.6. The number of aryl methyl sites for hydroxylation is 1. The van der Waals surface area contributed by atoms with Crippen molar-refractivity contribution in [1.82, 2.24) is 4.98 Å². The van der Waals surface area contributed by atoms with Crippen molar-refractivity contribution in [2.45, 2.75) is 101 Å². The van der Waals surface area contributed by atoms with Crippen molar-refractivity contribution in [3.63, 3.8) is 0 Å². The number of carboxylic acid groups (broad SMARTS) is 1. The summed E-state index contributed by atoms with van der Waals surface area (Å²) in [5.74, 6) is 2.83. The molecule has 2 aromatic carbocycles. The third-order valence-corrected chi connectivity index (χ3v) is 12.0. The van der Waals surface area contributed by atoms with Crippen LogP contribution in [0.1, 0.15) is 93.5 Å². The Hall–Kier alpha value is -3.49. The summed E-state index contributed by atoms with van der Waals surface area (Å²) in [5.41, 5.74) is 4.52. The molecule has 3 aliphatic carbocycles. The maximum absolute atomic E-state index is 13.0. The molecule has 2 N–H and O–H groups in total. The third kappa shape index (κ3) is 6.71. The molecule has 2 heterocycles. The number of halogens is 1. The first-order valence-corrected chi connectivity index (χ1v) is 18.4. The number of rotatable bonds is 11. The van der Waals surface area contributed by atoms with Crippen molar-refractivity contribution in [2.24, 2.45) is 11.8 Å². The second-order valence-corrected chi connectivity index (χ2v) is 15.4. The van der Waals surface area contributed by atoms with Crippen LogP contribution in [0.25, 0.3) is 0 Å². The topological polar surface area (TPSA) is 99.1 Å². The molecule has 9 heteroatoms. The Bertz CT molecular complexity index is 1670. The molecule has 1 saturated carbocycles. The number of carboxylic acids is 1. The smallest absolute Gasteiger partial charge is 0.329 e. The Labute approximate surface area is 294 Å². The van der Waals surface area contributed by atoms with Crippen LogP contribution in [0.4, 0.5) is 5.69 Å². The van der Waals surface area contributed by atoms with E-state index >= 15 is 0 Å². The molecule has 3 aromatic rings. The van der Waals surface area contributed by atoms with Crippen LogP contribution in [0, 0.1) is 11.8 Å². The van der Waals surface area contributed by atoms with Crippen LogP contribution in [-0.2, 0) is 27.8 Å². The first-order chi connectivity index (χ1) is 23.7. The first kappa shape index (κ1) is 34.0. The molecular weight excluding hydrogens is 640 g/mol. The lowest BCUT2D eigenvalue weighted by Crippen LogP contribution is -2.53.